The molecule has 0 saturated heterocycles. The predicted molar refractivity (Wildman–Crippen MR) is 84.5 cm³/mol. The highest BCUT2D eigenvalue weighted by atomic mass is 32.1. The molecule has 24 heavy (non-hydrogen) atoms. The second kappa shape index (κ2) is 6.13. The summed E-state index contributed by atoms with van der Waals surface area (Å²) < 4.78 is 19.5. The van der Waals surface area contributed by atoms with Crippen LogP contribution in [0.3, 0.4) is 0 Å². The van der Waals surface area contributed by atoms with Crippen LogP contribution in [0, 0.1) is 5.82 Å². The van der Waals surface area contributed by atoms with E-state index in [0.29, 0.717) is 28.7 Å². The van der Waals surface area contributed by atoms with Crippen LogP contribution in [0.25, 0.3) is 17.2 Å². The van der Waals surface area contributed by atoms with Crippen LogP contribution in [0.5, 0.6) is 11.5 Å². The first-order valence-electron chi connectivity index (χ1n) is 6.85. The summed E-state index contributed by atoms with van der Waals surface area (Å²) in [6.45, 7) is 0. The summed E-state index contributed by atoms with van der Waals surface area (Å²) in [5, 5.41) is 13.9. The smallest absolute Gasteiger partial charge is 0.224 e. The molecule has 3 aromatic heterocycles. The fourth-order valence-electron chi connectivity index (χ4n) is 2.02. The molecular weight excluding hydrogens is 331 g/mol. The zero-order chi connectivity index (χ0) is 16.4. The fraction of sp³-hybridized carbons (Fsp3) is 0. The third-order valence-corrected chi connectivity index (χ3v) is 3.62. The Bertz CT molecular complexity index is 957. The van der Waals surface area contributed by atoms with E-state index in [4.69, 9.17) is 4.74 Å². The second-order valence-electron chi connectivity index (χ2n) is 4.71. The standard InChI is InChI=1S/C15H9FN6OS/c16-10-4-11(6-13(5-10)23-12-2-1-3-17-7-12)22-20-15(19-21-22)14-8-24-9-18-14/h1-9H. The van der Waals surface area contributed by atoms with Crippen molar-refractivity contribution in [2.45, 2.75) is 0 Å². The number of rotatable bonds is 4. The molecule has 4 rings (SSSR count). The van der Waals surface area contributed by atoms with Crippen molar-refractivity contribution < 1.29 is 9.13 Å². The monoisotopic (exact) mass is 340 g/mol. The Morgan fingerprint density at radius 2 is 2.12 bits per heavy atom. The van der Waals surface area contributed by atoms with E-state index in [-0.39, 0.29) is 0 Å². The Labute approximate surface area is 139 Å². The number of halogens is 1. The molecule has 0 N–H and O–H groups in total. The molecule has 0 radical (unpaired) electrons. The van der Waals surface area contributed by atoms with Gasteiger partial charge in [0, 0.05) is 29.8 Å². The van der Waals surface area contributed by atoms with E-state index >= 15 is 0 Å². The van der Waals surface area contributed by atoms with E-state index < -0.39 is 5.82 Å². The average Bonchev–Trinajstić information content (AvgIpc) is 3.27. The lowest BCUT2D eigenvalue weighted by Gasteiger charge is -2.07. The molecule has 9 heteroatoms. The molecule has 0 bridgehead atoms. The van der Waals surface area contributed by atoms with Gasteiger partial charge in [0.2, 0.25) is 5.82 Å². The molecule has 0 unspecified atom stereocenters. The largest absolute Gasteiger partial charge is 0.456 e. The zero-order valence-corrected chi connectivity index (χ0v) is 12.9. The average molecular weight is 340 g/mol. The number of tetrazole rings is 1. The van der Waals surface area contributed by atoms with E-state index in [1.807, 2.05) is 5.38 Å². The van der Waals surface area contributed by atoms with Crippen molar-refractivity contribution in [2.75, 3.05) is 0 Å². The summed E-state index contributed by atoms with van der Waals surface area (Å²) in [5.74, 6) is 0.711. The Morgan fingerprint density at radius 1 is 1.17 bits per heavy atom. The van der Waals surface area contributed by atoms with Gasteiger partial charge in [0.15, 0.2) is 0 Å². The van der Waals surface area contributed by atoms with Crippen molar-refractivity contribution in [3.63, 3.8) is 0 Å². The van der Waals surface area contributed by atoms with Gasteiger partial charge in [0.1, 0.15) is 23.0 Å². The Balaban J connectivity index is 1.66. The number of nitrogens with zero attached hydrogens (tertiary/aromatic N) is 6. The van der Waals surface area contributed by atoms with Crippen LogP contribution in [0.15, 0.2) is 53.6 Å². The highest BCUT2D eigenvalue weighted by Gasteiger charge is 2.11. The van der Waals surface area contributed by atoms with E-state index in [1.165, 1.54) is 28.3 Å². The fourth-order valence-corrected chi connectivity index (χ4v) is 2.55. The van der Waals surface area contributed by atoms with Crippen LogP contribution in [0.1, 0.15) is 0 Å². The van der Waals surface area contributed by atoms with Crippen molar-refractivity contribution in [3.05, 3.63) is 59.4 Å². The third kappa shape index (κ3) is 2.97. The number of hydrogen-bond acceptors (Lipinski definition) is 7. The van der Waals surface area contributed by atoms with Gasteiger partial charge in [0.05, 0.1) is 17.4 Å². The van der Waals surface area contributed by atoms with Gasteiger partial charge in [-0.25, -0.2) is 9.37 Å². The van der Waals surface area contributed by atoms with Crippen molar-refractivity contribution in [1.82, 2.24) is 30.2 Å². The molecule has 0 aliphatic carbocycles. The minimum Gasteiger partial charge on any atom is -0.456 e. The summed E-state index contributed by atoms with van der Waals surface area (Å²) in [7, 11) is 0. The van der Waals surface area contributed by atoms with Crippen molar-refractivity contribution >= 4 is 11.3 Å². The quantitative estimate of drug-likeness (QED) is 0.568. The summed E-state index contributed by atoms with van der Waals surface area (Å²) in [4.78, 5) is 9.30. The van der Waals surface area contributed by atoms with E-state index in [9.17, 15) is 4.39 Å². The highest BCUT2D eigenvalue weighted by Crippen LogP contribution is 2.24. The van der Waals surface area contributed by atoms with Gasteiger partial charge in [-0.2, -0.15) is 0 Å². The maximum absolute atomic E-state index is 13.9. The van der Waals surface area contributed by atoms with Gasteiger partial charge < -0.3 is 4.74 Å². The second-order valence-corrected chi connectivity index (χ2v) is 5.43. The highest BCUT2D eigenvalue weighted by molar-refractivity contribution is 7.07. The van der Waals surface area contributed by atoms with Gasteiger partial charge in [-0.15, -0.1) is 26.3 Å². The van der Waals surface area contributed by atoms with Gasteiger partial charge >= 0.3 is 0 Å². The van der Waals surface area contributed by atoms with Crippen molar-refractivity contribution in [2.24, 2.45) is 0 Å². The summed E-state index contributed by atoms with van der Waals surface area (Å²) in [6.07, 6.45) is 3.17. The van der Waals surface area contributed by atoms with E-state index in [2.05, 4.69) is 25.4 Å². The number of benzene rings is 1. The first-order valence-corrected chi connectivity index (χ1v) is 7.80. The zero-order valence-electron chi connectivity index (χ0n) is 12.1. The number of ether oxygens (including phenoxy) is 1. The number of hydrogen-bond donors (Lipinski definition) is 0. The van der Waals surface area contributed by atoms with Crippen molar-refractivity contribution in [1.29, 1.82) is 0 Å². The molecule has 118 valence electrons. The van der Waals surface area contributed by atoms with Gasteiger partial charge in [-0.1, -0.05) is 0 Å². The van der Waals surface area contributed by atoms with Crippen LogP contribution in [0.2, 0.25) is 0 Å². The molecule has 4 aromatic rings. The van der Waals surface area contributed by atoms with Crippen LogP contribution >= 0.6 is 11.3 Å². The van der Waals surface area contributed by atoms with Crippen molar-refractivity contribution in [3.8, 4) is 28.7 Å². The SMILES string of the molecule is Fc1cc(Oc2cccnc2)cc(-n2nnc(-c3cscn3)n2)c1. The molecule has 3 heterocycles. The predicted octanol–water partition coefficient (Wildman–Crippen LogP) is 3.11. The lowest BCUT2D eigenvalue weighted by atomic mass is 10.3. The topological polar surface area (TPSA) is 78.6 Å². The summed E-state index contributed by atoms with van der Waals surface area (Å²) >= 11 is 1.43. The first kappa shape index (κ1) is 14.4. The van der Waals surface area contributed by atoms with Gasteiger partial charge in [-0.3, -0.25) is 4.98 Å². The van der Waals surface area contributed by atoms with E-state index in [0.717, 1.165) is 0 Å². The number of thiazole rings is 1. The normalized spacial score (nSPS) is 10.7. The Kier molecular flexibility index (Phi) is 3.67. The molecule has 0 amide bonds. The van der Waals surface area contributed by atoms with Crippen LogP contribution in [-0.2, 0) is 0 Å². The molecule has 0 atom stereocenters. The van der Waals surface area contributed by atoms with Crippen LogP contribution in [0.4, 0.5) is 4.39 Å². The number of aromatic nitrogens is 6. The summed E-state index contributed by atoms with van der Waals surface area (Å²) in [5.41, 5.74) is 2.69. The number of pyridine rings is 1. The molecule has 0 aliphatic rings. The molecule has 0 fully saturated rings. The molecular formula is C15H9FN6OS. The summed E-state index contributed by atoms with van der Waals surface area (Å²) in [6, 6.07) is 7.64. The van der Waals surface area contributed by atoms with Crippen LogP contribution in [-0.4, -0.2) is 30.2 Å². The maximum atomic E-state index is 13.9. The van der Waals surface area contributed by atoms with Gasteiger partial charge in [0.25, 0.3) is 0 Å². The Hall–Kier alpha value is -3.20. The Morgan fingerprint density at radius 3 is 2.92 bits per heavy atom. The molecule has 1 aromatic carbocycles. The minimum absolute atomic E-state index is 0.311. The molecule has 0 saturated carbocycles. The maximum Gasteiger partial charge on any atom is 0.224 e. The molecule has 0 aliphatic heterocycles. The lowest BCUT2D eigenvalue weighted by Crippen LogP contribution is -2.00. The molecule has 7 nitrogen and oxygen atoms in total. The minimum atomic E-state index is -0.473. The van der Waals surface area contributed by atoms with Crippen LogP contribution < -0.4 is 4.74 Å². The lowest BCUT2D eigenvalue weighted by molar-refractivity contribution is 0.473. The first-order chi connectivity index (χ1) is 11.8. The van der Waals surface area contributed by atoms with E-state index in [1.54, 1.807) is 36.1 Å². The molecule has 0 spiro atoms. The third-order valence-electron chi connectivity index (χ3n) is 3.03. The van der Waals surface area contributed by atoms with Gasteiger partial charge in [-0.05, 0) is 17.3 Å².